The van der Waals surface area contributed by atoms with E-state index in [1.54, 1.807) is 24.3 Å². The van der Waals surface area contributed by atoms with Crippen molar-refractivity contribution >= 4 is 11.8 Å². The van der Waals surface area contributed by atoms with Crippen LogP contribution in [0.1, 0.15) is 12.0 Å². The van der Waals surface area contributed by atoms with Crippen molar-refractivity contribution in [2.24, 2.45) is 5.92 Å². The maximum atomic E-state index is 11.8. The molecule has 2 heterocycles. The van der Waals surface area contributed by atoms with Gasteiger partial charge in [0.25, 0.3) is 0 Å². The van der Waals surface area contributed by atoms with Gasteiger partial charge in [-0.3, -0.25) is 14.6 Å². The number of nitrogens with zero attached hydrogens (tertiary/aromatic N) is 2. The minimum Gasteiger partial charge on any atom is -0.355 e. The summed E-state index contributed by atoms with van der Waals surface area (Å²) in [6, 6.07) is 3.85. The van der Waals surface area contributed by atoms with Crippen molar-refractivity contribution < 1.29 is 9.59 Å². The lowest BCUT2D eigenvalue weighted by Crippen LogP contribution is -2.33. The molecule has 1 unspecified atom stereocenters. The Labute approximate surface area is 106 Å². The highest BCUT2D eigenvalue weighted by Gasteiger charge is 2.31. The Morgan fingerprint density at radius 3 is 3.06 bits per heavy atom. The molecule has 1 aliphatic rings. The van der Waals surface area contributed by atoms with Crippen molar-refractivity contribution in [2.75, 3.05) is 20.1 Å². The van der Waals surface area contributed by atoms with Gasteiger partial charge in [-0.25, -0.2) is 0 Å². The number of likely N-dealkylation sites (tertiary alicyclic amines) is 1. The summed E-state index contributed by atoms with van der Waals surface area (Å²) in [4.78, 5) is 28.8. The second-order valence-corrected chi connectivity index (χ2v) is 4.58. The van der Waals surface area contributed by atoms with Crippen LogP contribution < -0.4 is 5.32 Å². The largest absolute Gasteiger partial charge is 0.355 e. The van der Waals surface area contributed by atoms with Gasteiger partial charge in [-0.15, -0.1) is 0 Å². The normalized spacial score (nSPS) is 19.1. The third-order valence-corrected chi connectivity index (χ3v) is 3.15. The highest BCUT2D eigenvalue weighted by atomic mass is 16.2. The van der Waals surface area contributed by atoms with Gasteiger partial charge in [-0.1, -0.05) is 6.07 Å². The van der Waals surface area contributed by atoms with Crippen LogP contribution in [-0.4, -0.2) is 41.8 Å². The van der Waals surface area contributed by atoms with Crippen LogP contribution in [0.4, 0.5) is 0 Å². The van der Waals surface area contributed by atoms with Crippen LogP contribution in [0, 0.1) is 5.92 Å². The van der Waals surface area contributed by atoms with Gasteiger partial charge in [-0.2, -0.15) is 0 Å². The predicted octanol–water partition coefficient (Wildman–Crippen LogP) is 0.219. The van der Waals surface area contributed by atoms with Crippen LogP contribution in [0.25, 0.3) is 0 Å². The molecule has 18 heavy (non-hydrogen) atoms. The minimum absolute atomic E-state index is 0.0309. The Morgan fingerprint density at radius 1 is 1.61 bits per heavy atom. The first-order valence-corrected chi connectivity index (χ1v) is 6.07. The number of carbonyl (C=O) groups excluding carboxylic acids is 2. The van der Waals surface area contributed by atoms with Gasteiger partial charge in [0.2, 0.25) is 11.8 Å². The fraction of sp³-hybridized carbons (Fsp3) is 0.462. The molecule has 1 aliphatic heterocycles. The Bertz CT molecular complexity index is 433. The topological polar surface area (TPSA) is 62.3 Å². The monoisotopic (exact) mass is 247 g/mol. The molecule has 1 aromatic heterocycles. The van der Waals surface area contributed by atoms with Crippen molar-refractivity contribution in [3.8, 4) is 0 Å². The Hall–Kier alpha value is -1.91. The number of hydrogen-bond acceptors (Lipinski definition) is 3. The van der Waals surface area contributed by atoms with E-state index in [9.17, 15) is 9.59 Å². The van der Waals surface area contributed by atoms with Gasteiger partial charge in [0.05, 0.1) is 5.92 Å². The van der Waals surface area contributed by atoms with Crippen LogP contribution in [0.3, 0.4) is 0 Å². The average molecular weight is 247 g/mol. The van der Waals surface area contributed by atoms with Gasteiger partial charge in [0.15, 0.2) is 0 Å². The lowest BCUT2D eigenvalue weighted by atomic mass is 10.1. The maximum absolute atomic E-state index is 11.8. The van der Waals surface area contributed by atoms with E-state index < -0.39 is 0 Å². The zero-order chi connectivity index (χ0) is 13.0. The molecule has 0 spiro atoms. The molecule has 96 valence electrons. The Balaban J connectivity index is 1.74. The van der Waals surface area contributed by atoms with Crippen LogP contribution in [0.5, 0.6) is 0 Å². The quantitative estimate of drug-likeness (QED) is 0.828. The van der Waals surface area contributed by atoms with E-state index in [-0.39, 0.29) is 17.7 Å². The SMILES string of the molecule is CN1CC(C(=O)NCCc2cccnc2)CC1=O. The lowest BCUT2D eigenvalue weighted by Gasteiger charge is -2.10. The zero-order valence-corrected chi connectivity index (χ0v) is 10.4. The van der Waals surface area contributed by atoms with Crippen molar-refractivity contribution in [2.45, 2.75) is 12.8 Å². The molecule has 2 amide bonds. The summed E-state index contributed by atoms with van der Waals surface area (Å²) in [5.41, 5.74) is 1.09. The number of aromatic nitrogens is 1. The van der Waals surface area contributed by atoms with E-state index >= 15 is 0 Å². The maximum Gasteiger partial charge on any atom is 0.225 e. The van der Waals surface area contributed by atoms with Crippen molar-refractivity contribution in [3.05, 3.63) is 30.1 Å². The molecule has 1 saturated heterocycles. The molecular formula is C13H17N3O2. The molecule has 1 fully saturated rings. The minimum atomic E-state index is -0.198. The highest BCUT2D eigenvalue weighted by Crippen LogP contribution is 2.15. The third-order valence-electron chi connectivity index (χ3n) is 3.15. The van der Waals surface area contributed by atoms with Crippen molar-refractivity contribution in [3.63, 3.8) is 0 Å². The fourth-order valence-electron chi connectivity index (χ4n) is 2.06. The molecular weight excluding hydrogens is 230 g/mol. The summed E-state index contributed by atoms with van der Waals surface area (Å²) in [6.45, 7) is 1.11. The number of rotatable bonds is 4. The summed E-state index contributed by atoms with van der Waals surface area (Å²) in [5.74, 6) is -0.185. The molecule has 0 aromatic carbocycles. The second-order valence-electron chi connectivity index (χ2n) is 4.58. The summed E-state index contributed by atoms with van der Waals surface area (Å²) >= 11 is 0. The molecule has 0 bridgehead atoms. The molecule has 5 heteroatoms. The van der Waals surface area contributed by atoms with Crippen LogP contribution in [0.15, 0.2) is 24.5 Å². The van der Waals surface area contributed by atoms with Gasteiger partial charge >= 0.3 is 0 Å². The highest BCUT2D eigenvalue weighted by molar-refractivity contribution is 5.89. The number of hydrogen-bond donors (Lipinski definition) is 1. The summed E-state index contributed by atoms with van der Waals surface area (Å²) in [7, 11) is 1.73. The smallest absolute Gasteiger partial charge is 0.225 e. The van der Waals surface area contributed by atoms with E-state index in [0.717, 1.165) is 12.0 Å². The Morgan fingerprint density at radius 2 is 2.44 bits per heavy atom. The average Bonchev–Trinajstić information content (AvgIpc) is 2.71. The van der Waals surface area contributed by atoms with Crippen molar-refractivity contribution in [1.82, 2.24) is 15.2 Å². The summed E-state index contributed by atoms with van der Waals surface area (Å²) in [5, 5.41) is 2.87. The van der Waals surface area contributed by atoms with E-state index in [1.807, 2.05) is 12.1 Å². The first-order valence-electron chi connectivity index (χ1n) is 6.07. The molecule has 0 aliphatic carbocycles. The molecule has 1 aromatic rings. The first kappa shape index (κ1) is 12.5. The second kappa shape index (κ2) is 5.62. The first-order chi connectivity index (χ1) is 8.66. The van der Waals surface area contributed by atoms with Crippen LogP contribution >= 0.6 is 0 Å². The number of nitrogens with one attached hydrogen (secondary N) is 1. The summed E-state index contributed by atoms with van der Waals surface area (Å²) in [6.07, 6.45) is 4.60. The molecule has 0 radical (unpaired) electrons. The molecule has 5 nitrogen and oxygen atoms in total. The van der Waals surface area contributed by atoms with Gasteiger partial charge < -0.3 is 10.2 Å². The van der Waals surface area contributed by atoms with E-state index in [4.69, 9.17) is 0 Å². The number of amides is 2. The molecule has 1 N–H and O–H groups in total. The predicted molar refractivity (Wildman–Crippen MR) is 66.7 cm³/mol. The van der Waals surface area contributed by atoms with Crippen LogP contribution in [0.2, 0.25) is 0 Å². The summed E-state index contributed by atoms with van der Waals surface area (Å²) < 4.78 is 0. The van der Waals surface area contributed by atoms with Crippen molar-refractivity contribution in [1.29, 1.82) is 0 Å². The van der Waals surface area contributed by atoms with E-state index in [2.05, 4.69) is 10.3 Å². The number of carbonyl (C=O) groups is 2. The van der Waals surface area contributed by atoms with Gasteiger partial charge in [0, 0.05) is 39.0 Å². The number of pyridine rings is 1. The van der Waals surface area contributed by atoms with Gasteiger partial charge in [0.1, 0.15) is 0 Å². The molecule has 2 rings (SSSR count). The third kappa shape index (κ3) is 3.06. The van der Waals surface area contributed by atoms with Gasteiger partial charge in [-0.05, 0) is 18.1 Å². The zero-order valence-electron chi connectivity index (χ0n) is 10.4. The fourth-order valence-corrected chi connectivity index (χ4v) is 2.06. The van der Waals surface area contributed by atoms with E-state index in [1.165, 1.54) is 0 Å². The Kier molecular flexibility index (Phi) is 3.92. The van der Waals surface area contributed by atoms with E-state index in [0.29, 0.717) is 19.5 Å². The molecule has 1 atom stereocenters. The molecule has 0 saturated carbocycles. The standard InChI is InChI=1S/C13H17N3O2/c1-16-9-11(7-12(16)17)13(18)15-6-4-10-3-2-5-14-8-10/h2-3,5,8,11H,4,6-7,9H2,1H3,(H,15,18). The lowest BCUT2D eigenvalue weighted by molar-refractivity contribution is -0.128. The van der Waals surface area contributed by atoms with Crippen LogP contribution in [-0.2, 0) is 16.0 Å².